The minimum Gasteiger partial charge on any atom is -0.321 e. The first-order valence-corrected chi connectivity index (χ1v) is 9.46. The average molecular weight is 384 g/mol. The van der Waals surface area contributed by atoms with Crippen LogP contribution >= 0.6 is 0 Å². The fourth-order valence-corrected chi connectivity index (χ4v) is 2.87. The van der Waals surface area contributed by atoms with Crippen molar-refractivity contribution in [1.29, 1.82) is 0 Å². The third-order valence-corrected chi connectivity index (χ3v) is 4.67. The number of allylic oxidation sites excluding steroid dienone is 1. The largest absolute Gasteiger partial charge is 0.321 e. The van der Waals surface area contributed by atoms with E-state index >= 15 is 0 Å². The predicted octanol–water partition coefficient (Wildman–Crippen LogP) is 5.10. The maximum atomic E-state index is 13.1. The van der Waals surface area contributed by atoms with Gasteiger partial charge in [-0.25, -0.2) is 0 Å². The summed E-state index contributed by atoms with van der Waals surface area (Å²) in [5.41, 5.74) is 5.18. The van der Waals surface area contributed by atoms with E-state index in [0.717, 1.165) is 16.7 Å². The van der Waals surface area contributed by atoms with Crippen LogP contribution in [0.1, 0.15) is 34.0 Å². The van der Waals surface area contributed by atoms with E-state index in [0.29, 0.717) is 16.8 Å². The van der Waals surface area contributed by atoms with Gasteiger partial charge in [0.2, 0.25) is 0 Å². The molecule has 0 aliphatic carbocycles. The summed E-state index contributed by atoms with van der Waals surface area (Å²) < 4.78 is 0. The summed E-state index contributed by atoms with van der Waals surface area (Å²) in [5, 5.41) is 5.68. The Balaban J connectivity index is 1.94. The fourth-order valence-electron chi connectivity index (χ4n) is 2.87. The lowest BCUT2D eigenvalue weighted by molar-refractivity contribution is -0.113. The molecular weight excluding hydrogens is 360 g/mol. The van der Waals surface area contributed by atoms with Gasteiger partial charge in [0, 0.05) is 11.3 Å². The summed E-state index contributed by atoms with van der Waals surface area (Å²) in [5.74, 6) is -0.692. The van der Waals surface area contributed by atoms with Crippen molar-refractivity contribution in [3.63, 3.8) is 0 Å². The first-order chi connectivity index (χ1) is 13.9. The first-order valence-electron chi connectivity index (χ1n) is 9.46. The zero-order valence-corrected chi connectivity index (χ0v) is 16.8. The van der Waals surface area contributed by atoms with Crippen molar-refractivity contribution in [3.05, 3.63) is 107 Å². The molecule has 2 amide bonds. The van der Waals surface area contributed by atoms with Crippen LogP contribution in [-0.4, -0.2) is 11.8 Å². The zero-order valence-electron chi connectivity index (χ0n) is 16.8. The van der Waals surface area contributed by atoms with E-state index in [-0.39, 0.29) is 17.5 Å². The Morgan fingerprint density at radius 3 is 1.83 bits per heavy atom. The highest BCUT2D eigenvalue weighted by Crippen LogP contribution is 2.20. The van der Waals surface area contributed by atoms with Crippen LogP contribution in [0.4, 0.5) is 5.69 Å². The number of hydrogen-bond donors (Lipinski definition) is 2. The van der Waals surface area contributed by atoms with Gasteiger partial charge in [-0.05, 0) is 56.2 Å². The van der Waals surface area contributed by atoms with E-state index in [9.17, 15) is 9.59 Å². The van der Waals surface area contributed by atoms with E-state index in [4.69, 9.17) is 0 Å². The van der Waals surface area contributed by atoms with Gasteiger partial charge in [0.1, 0.15) is 5.70 Å². The maximum Gasteiger partial charge on any atom is 0.272 e. The molecule has 0 heterocycles. The lowest BCUT2D eigenvalue weighted by Crippen LogP contribution is -2.31. The molecular formula is C25H24N2O2. The molecule has 0 spiro atoms. The first kappa shape index (κ1) is 20.1. The molecule has 2 N–H and O–H groups in total. The SMILES string of the molecule is C/C(=C(\NC(=O)c1ccccc1)C(=O)Nc1ccc(C)cc1)c1ccc(C)cc1. The summed E-state index contributed by atoms with van der Waals surface area (Å²) in [7, 11) is 0. The molecule has 0 atom stereocenters. The van der Waals surface area contributed by atoms with E-state index in [1.165, 1.54) is 0 Å². The summed E-state index contributed by atoms with van der Waals surface area (Å²) in [6, 6.07) is 24.2. The number of benzene rings is 3. The van der Waals surface area contributed by atoms with Crippen molar-refractivity contribution < 1.29 is 9.59 Å². The van der Waals surface area contributed by atoms with Gasteiger partial charge < -0.3 is 10.6 Å². The summed E-state index contributed by atoms with van der Waals surface area (Å²) in [6.07, 6.45) is 0. The van der Waals surface area contributed by atoms with E-state index < -0.39 is 0 Å². The van der Waals surface area contributed by atoms with Gasteiger partial charge in [-0.1, -0.05) is 65.7 Å². The monoisotopic (exact) mass is 384 g/mol. The highest BCUT2D eigenvalue weighted by molar-refractivity contribution is 6.12. The molecule has 29 heavy (non-hydrogen) atoms. The molecule has 0 aromatic heterocycles. The molecule has 3 aromatic carbocycles. The summed E-state index contributed by atoms with van der Waals surface area (Å²) in [4.78, 5) is 25.8. The van der Waals surface area contributed by atoms with Crippen LogP contribution in [0.5, 0.6) is 0 Å². The van der Waals surface area contributed by atoms with Crippen LogP contribution < -0.4 is 10.6 Å². The number of hydrogen-bond acceptors (Lipinski definition) is 2. The molecule has 0 bridgehead atoms. The van der Waals surface area contributed by atoms with Crippen molar-refractivity contribution in [3.8, 4) is 0 Å². The Labute approximate surface area is 171 Å². The van der Waals surface area contributed by atoms with Gasteiger partial charge in [0.25, 0.3) is 11.8 Å². The molecule has 0 fully saturated rings. The smallest absolute Gasteiger partial charge is 0.272 e. The Morgan fingerprint density at radius 1 is 0.690 bits per heavy atom. The minimum atomic E-state index is -0.365. The van der Waals surface area contributed by atoms with Gasteiger partial charge in [-0.15, -0.1) is 0 Å². The molecule has 0 unspecified atom stereocenters. The average Bonchev–Trinajstić information content (AvgIpc) is 2.74. The fraction of sp³-hybridized carbons (Fsp3) is 0.120. The summed E-state index contributed by atoms with van der Waals surface area (Å²) in [6.45, 7) is 5.82. The quantitative estimate of drug-likeness (QED) is 0.601. The van der Waals surface area contributed by atoms with Gasteiger partial charge in [-0.2, -0.15) is 0 Å². The number of rotatable bonds is 5. The molecule has 0 saturated carbocycles. The number of amides is 2. The van der Waals surface area contributed by atoms with Crippen molar-refractivity contribution in [2.45, 2.75) is 20.8 Å². The Morgan fingerprint density at radius 2 is 1.24 bits per heavy atom. The van der Waals surface area contributed by atoms with E-state index in [1.54, 1.807) is 24.3 Å². The van der Waals surface area contributed by atoms with Gasteiger partial charge in [-0.3, -0.25) is 9.59 Å². The molecule has 3 aromatic rings. The Hall–Kier alpha value is -3.66. The third kappa shape index (κ3) is 5.20. The number of carbonyl (C=O) groups excluding carboxylic acids is 2. The Kier molecular flexibility index (Phi) is 6.25. The second-order valence-corrected chi connectivity index (χ2v) is 7.01. The highest BCUT2D eigenvalue weighted by Gasteiger charge is 2.18. The lowest BCUT2D eigenvalue weighted by Gasteiger charge is -2.15. The number of nitrogens with one attached hydrogen (secondary N) is 2. The zero-order chi connectivity index (χ0) is 20.8. The normalized spacial score (nSPS) is 11.4. The molecule has 3 rings (SSSR count). The van der Waals surface area contributed by atoms with Crippen molar-refractivity contribution >= 4 is 23.1 Å². The van der Waals surface area contributed by atoms with Crippen LogP contribution in [0.15, 0.2) is 84.6 Å². The van der Waals surface area contributed by atoms with Crippen molar-refractivity contribution in [2.24, 2.45) is 0 Å². The maximum absolute atomic E-state index is 13.1. The second kappa shape index (κ2) is 9.02. The van der Waals surface area contributed by atoms with Gasteiger partial charge in [0.05, 0.1) is 0 Å². The molecule has 4 nitrogen and oxygen atoms in total. The van der Waals surface area contributed by atoms with Crippen molar-refractivity contribution in [2.75, 3.05) is 5.32 Å². The topological polar surface area (TPSA) is 58.2 Å². The molecule has 0 aliphatic rings. The van der Waals surface area contributed by atoms with Crippen molar-refractivity contribution in [1.82, 2.24) is 5.32 Å². The predicted molar refractivity (Wildman–Crippen MR) is 117 cm³/mol. The third-order valence-electron chi connectivity index (χ3n) is 4.67. The molecule has 0 saturated heterocycles. The van der Waals surface area contributed by atoms with Crippen LogP contribution in [0.3, 0.4) is 0 Å². The Bertz CT molecular complexity index is 1030. The van der Waals surface area contributed by atoms with Crippen LogP contribution in [0, 0.1) is 13.8 Å². The molecule has 4 heteroatoms. The lowest BCUT2D eigenvalue weighted by atomic mass is 10.0. The molecule has 0 radical (unpaired) electrons. The van der Waals surface area contributed by atoms with Crippen LogP contribution in [0.2, 0.25) is 0 Å². The van der Waals surface area contributed by atoms with E-state index in [1.807, 2.05) is 75.4 Å². The summed E-state index contributed by atoms with van der Waals surface area (Å²) >= 11 is 0. The number of anilines is 1. The highest BCUT2D eigenvalue weighted by atomic mass is 16.2. The van der Waals surface area contributed by atoms with E-state index in [2.05, 4.69) is 10.6 Å². The minimum absolute atomic E-state index is 0.225. The number of carbonyl (C=O) groups is 2. The standard InChI is InChI=1S/C25H24N2O2/c1-17-9-13-20(14-10-17)19(3)23(27-24(28)21-7-5-4-6-8-21)25(29)26-22-15-11-18(2)12-16-22/h4-16H,1-3H3,(H,26,29)(H,27,28)/b23-19+. The van der Waals surface area contributed by atoms with Crippen LogP contribution in [-0.2, 0) is 4.79 Å². The van der Waals surface area contributed by atoms with Gasteiger partial charge in [0.15, 0.2) is 0 Å². The van der Waals surface area contributed by atoms with Gasteiger partial charge >= 0.3 is 0 Å². The number of aryl methyl sites for hydroxylation is 2. The van der Waals surface area contributed by atoms with Crippen LogP contribution in [0.25, 0.3) is 5.57 Å². The molecule has 0 aliphatic heterocycles. The molecule has 146 valence electrons. The second-order valence-electron chi connectivity index (χ2n) is 7.01.